The second kappa shape index (κ2) is 8.75. The van der Waals surface area contributed by atoms with Crippen LogP contribution in [0.25, 0.3) is 10.2 Å². The van der Waals surface area contributed by atoms with Gasteiger partial charge in [-0.15, -0.1) is 11.3 Å². The van der Waals surface area contributed by atoms with Gasteiger partial charge >= 0.3 is 5.97 Å². The molecule has 11 heteroatoms. The molecule has 0 saturated heterocycles. The molecule has 1 amide bonds. The van der Waals surface area contributed by atoms with E-state index in [-0.39, 0.29) is 21.0 Å². The monoisotopic (exact) mass is 465 g/mol. The van der Waals surface area contributed by atoms with Crippen molar-refractivity contribution in [3.05, 3.63) is 50.9 Å². The van der Waals surface area contributed by atoms with Gasteiger partial charge in [0.25, 0.3) is 17.2 Å². The molecule has 3 aromatic rings. The minimum Gasteiger partial charge on any atom is -0.451 e. The number of hydrogen-bond acceptors (Lipinski definition) is 7. The van der Waals surface area contributed by atoms with Gasteiger partial charge in [-0.3, -0.25) is 14.2 Å². The number of fused-ring (bicyclic) bond motifs is 2. The Labute approximate surface area is 183 Å². The van der Waals surface area contributed by atoms with Crippen LogP contribution < -0.4 is 10.9 Å². The number of halogens is 2. The molecule has 0 atom stereocenters. The van der Waals surface area contributed by atoms with Crippen molar-refractivity contribution >= 4 is 50.9 Å². The predicted octanol–water partition coefficient (Wildman–Crippen LogP) is 3.82. The maximum absolute atomic E-state index is 12.7. The topological polar surface area (TPSA) is 90.3 Å². The Morgan fingerprint density at radius 3 is 2.90 bits per heavy atom. The number of aromatic nitrogens is 2. The summed E-state index contributed by atoms with van der Waals surface area (Å²) in [5.41, 5.74) is 0.513. The molecule has 31 heavy (non-hydrogen) atoms. The molecule has 4 rings (SSSR count). The first-order valence-corrected chi connectivity index (χ1v) is 11.1. The lowest BCUT2D eigenvalue weighted by atomic mass is 10.2. The fraction of sp³-hybridized carbons (Fsp3) is 0.300. The molecule has 0 fully saturated rings. The van der Waals surface area contributed by atoms with Crippen molar-refractivity contribution in [1.82, 2.24) is 9.55 Å². The highest BCUT2D eigenvalue weighted by atomic mass is 32.2. The number of para-hydroxylation sites is 1. The number of anilines is 1. The number of rotatable bonds is 6. The SMILES string of the molecule is Cc1c(C(=O)OCC(=O)Nc2ccccc2SC(F)F)sc2nc3n(c(=O)c12)CCC3. The van der Waals surface area contributed by atoms with Crippen molar-refractivity contribution in [1.29, 1.82) is 0 Å². The van der Waals surface area contributed by atoms with Crippen molar-refractivity contribution in [2.24, 2.45) is 0 Å². The smallest absolute Gasteiger partial charge is 0.349 e. The molecule has 0 radical (unpaired) electrons. The van der Waals surface area contributed by atoms with Crippen molar-refractivity contribution in [3.8, 4) is 0 Å². The zero-order valence-electron chi connectivity index (χ0n) is 16.3. The molecule has 0 bridgehead atoms. The van der Waals surface area contributed by atoms with Crippen molar-refractivity contribution in [2.45, 2.75) is 37.0 Å². The summed E-state index contributed by atoms with van der Waals surface area (Å²) in [6.07, 6.45) is 1.58. The molecule has 2 aromatic heterocycles. The fourth-order valence-electron chi connectivity index (χ4n) is 3.42. The Hall–Kier alpha value is -2.79. The van der Waals surface area contributed by atoms with E-state index in [9.17, 15) is 23.2 Å². The largest absolute Gasteiger partial charge is 0.451 e. The molecule has 162 valence electrons. The molecular weight excluding hydrogens is 448 g/mol. The van der Waals surface area contributed by atoms with Gasteiger partial charge in [-0.1, -0.05) is 23.9 Å². The lowest BCUT2D eigenvalue weighted by Crippen LogP contribution is -2.22. The molecule has 1 aliphatic heterocycles. The van der Waals surface area contributed by atoms with Crippen LogP contribution in [0.5, 0.6) is 0 Å². The summed E-state index contributed by atoms with van der Waals surface area (Å²) in [5.74, 6) is -3.33. The summed E-state index contributed by atoms with van der Waals surface area (Å²) >= 11 is 1.37. The highest BCUT2D eigenvalue weighted by Gasteiger charge is 2.24. The average molecular weight is 466 g/mol. The molecule has 0 spiro atoms. The Balaban J connectivity index is 1.47. The van der Waals surface area contributed by atoms with Crippen LogP contribution in [0.3, 0.4) is 0 Å². The van der Waals surface area contributed by atoms with E-state index in [2.05, 4.69) is 10.3 Å². The standard InChI is InChI=1S/C20H17F2N3O4S2/c1-10-15-17(24-13-7-4-8-25(13)18(15)27)31-16(10)19(28)29-9-14(26)23-11-5-2-3-6-12(11)30-20(21)22/h2-3,5-6,20H,4,7-9H2,1H3,(H,23,26). The number of nitrogens with zero attached hydrogens (tertiary/aromatic N) is 2. The number of benzene rings is 1. The molecule has 0 aliphatic carbocycles. The number of hydrogen-bond donors (Lipinski definition) is 1. The van der Waals surface area contributed by atoms with Crippen molar-refractivity contribution in [3.63, 3.8) is 0 Å². The lowest BCUT2D eigenvalue weighted by Gasteiger charge is -2.10. The number of aryl methyl sites for hydroxylation is 2. The zero-order valence-corrected chi connectivity index (χ0v) is 17.9. The Morgan fingerprint density at radius 2 is 2.13 bits per heavy atom. The van der Waals surface area contributed by atoms with Crippen LogP contribution in [0.4, 0.5) is 14.5 Å². The van der Waals surface area contributed by atoms with Gasteiger partial charge in [-0.25, -0.2) is 9.78 Å². The maximum Gasteiger partial charge on any atom is 0.349 e. The maximum atomic E-state index is 12.7. The normalized spacial score (nSPS) is 12.9. The Morgan fingerprint density at radius 1 is 1.35 bits per heavy atom. The average Bonchev–Trinajstić information content (AvgIpc) is 3.32. The van der Waals surface area contributed by atoms with E-state index in [1.165, 1.54) is 12.1 Å². The number of esters is 1. The molecule has 3 heterocycles. The van der Waals surface area contributed by atoms with Gasteiger partial charge in [0, 0.05) is 17.9 Å². The quantitative estimate of drug-likeness (QED) is 0.440. The second-order valence-electron chi connectivity index (χ2n) is 6.82. The summed E-state index contributed by atoms with van der Waals surface area (Å²) in [7, 11) is 0. The summed E-state index contributed by atoms with van der Waals surface area (Å²) in [5, 5.41) is 2.86. The minimum absolute atomic E-state index is 0.170. The number of ether oxygens (including phenoxy) is 1. The summed E-state index contributed by atoms with van der Waals surface area (Å²) in [6.45, 7) is 1.67. The van der Waals surface area contributed by atoms with Crippen LogP contribution in [-0.4, -0.2) is 33.8 Å². The van der Waals surface area contributed by atoms with Gasteiger partial charge in [-0.2, -0.15) is 8.78 Å². The van der Waals surface area contributed by atoms with Crippen LogP contribution in [0.2, 0.25) is 0 Å². The van der Waals surface area contributed by atoms with Gasteiger partial charge in [0.05, 0.1) is 11.1 Å². The van der Waals surface area contributed by atoms with E-state index in [4.69, 9.17) is 4.74 Å². The molecule has 0 saturated carbocycles. The molecule has 1 aliphatic rings. The van der Waals surface area contributed by atoms with Gasteiger partial charge in [0.15, 0.2) is 6.61 Å². The van der Waals surface area contributed by atoms with Crippen LogP contribution in [0, 0.1) is 6.92 Å². The van der Waals surface area contributed by atoms with E-state index in [1.807, 2.05) is 0 Å². The van der Waals surface area contributed by atoms with Crippen LogP contribution in [0.1, 0.15) is 27.5 Å². The number of thiophene rings is 1. The Bertz CT molecular complexity index is 1240. The number of nitrogens with one attached hydrogen (secondary N) is 1. The minimum atomic E-state index is -2.63. The first-order chi connectivity index (χ1) is 14.8. The molecular formula is C20H17F2N3O4S2. The predicted molar refractivity (Wildman–Crippen MR) is 114 cm³/mol. The number of carbonyl (C=O) groups excluding carboxylic acids is 2. The first-order valence-electron chi connectivity index (χ1n) is 9.38. The number of alkyl halides is 2. The summed E-state index contributed by atoms with van der Waals surface area (Å²) in [6, 6.07) is 6.12. The fourth-order valence-corrected chi connectivity index (χ4v) is 5.10. The molecule has 7 nitrogen and oxygen atoms in total. The van der Waals surface area contributed by atoms with E-state index in [0.29, 0.717) is 46.3 Å². The van der Waals surface area contributed by atoms with Crippen molar-refractivity contribution < 1.29 is 23.1 Å². The summed E-state index contributed by atoms with van der Waals surface area (Å²) in [4.78, 5) is 42.8. The van der Waals surface area contributed by atoms with E-state index in [0.717, 1.165) is 17.8 Å². The number of amides is 1. The molecule has 0 unspecified atom stereocenters. The zero-order chi connectivity index (χ0) is 22.1. The third-order valence-corrected chi connectivity index (χ3v) is 6.76. The van der Waals surface area contributed by atoms with Crippen LogP contribution >= 0.6 is 23.1 Å². The lowest BCUT2D eigenvalue weighted by molar-refractivity contribution is -0.119. The summed E-state index contributed by atoms with van der Waals surface area (Å²) < 4.78 is 32.1. The molecule has 1 N–H and O–H groups in total. The van der Waals surface area contributed by atoms with Gasteiger partial charge in [0.2, 0.25) is 0 Å². The highest BCUT2D eigenvalue weighted by Crippen LogP contribution is 2.32. The van der Waals surface area contributed by atoms with Gasteiger partial charge in [0.1, 0.15) is 15.5 Å². The van der Waals surface area contributed by atoms with Crippen LogP contribution in [-0.2, 0) is 22.5 Å². The first kappa shape index (κ1) is 21.4. The van der Waals surface area contributed by atoms with Gasteiger partial charge in [-0.05, 0) is 31.0 Å². The molecule has 1 aromatic carbocycles. The van der Waals surface area contributed by atoms with E-state index >= 15 is 0 Å². The van der Waals surface area contributed by atoms with Crippen LogP contribution in [0.15, 0.2) is 34.0 Å². The second-order valence-corrected chi connectivity index (χ2v) is 8.85. The van der Waals surface area contributed by atoms with Gasteiger partial charge < -0.3 is 10.1 Å². The van der Waals surface area contributed by atoms with E-state index in [1.54, 1.807) is 23.6 Å². The van der Waals surface area contributed by atoms with Crippen molar-refractivity contribution in [2.75, 3.05) is 11.9 Å². The Kier molecular flexibility index (Phi) is 6.05. The third kappa shape index (κ3) is 4.33. The number of thioether (sulfide) groups is 1. The number of carbonyl (C=O) groups is 2. The highest BCUT2D eigenvalue weighted by molar-refractivity contribution is 7.99. The third-order valence-electron chi connectivity index (χ3n) is 4.81. The van der Waals surface area contributed by atoms with E-state index < -0.39 is 24.2 Å².